The quantitative estimate of drug-likeness (QED) is 0.885. The number of hydrogen-bond acceptors (Lipinski definition) is 7. The number of hydrogen-bond donors (Lipinski definition) is 1. The molecule has 24 heavy (non-hydrogen) atoms. The molecule has 8 heteroatoms. The van der Waals surface area contributed by atoms with Crippen molar-refractivity contribution in [2.75, 3.05) is 13.7 Å². The second kappa shape index (κ2) is 6.56. The third kappa shape index (κ3) is 2.96. The Morgan fingerprint density at radius 3 is 2.96 bits per heavy atom. The van der Waals surface area contributed by atoms with Gasteiger partial charge in [0.15, 0.2) is 0 Å². The number of aryl methyl sites for hydroxylation is 1. The third-order valence-electron chi connectivity index (χ3n) is 4.41. The smallest absolute Gasteiger partial charge is 0.290 e. The Balaban J connectivity index is 1.82. The fraction of sp³-hybridized carbons (Fsp3) is 0.500. The molecule has 2 N–H and O–H groups in total. The molecule has 1 atom stereocenters. The summed E-state index contributed by atoms with van der Waals surface area (Å²) in [6.07, 6.45) is 3.73. The van der Waals surface area contributed by atoms with Gasteiger partial charge in [0.1, 0.15) is 5.75 Å². The molecule has 0 aromatic carbocycles. The Hall–Kier alpha value is -2.48. The summed E-state index contributed by atoms with van der Waals surface area (Å²) >= 11 is 0. The zero-order chi connectivity index (χ0) is 17.3. The molecule has 1 saturated heterocycles. The summed E-state index contributed by atoms with van der Waals surface area (Å²) in [6, 6.07) is -0.0286. The first kappa shape index (κ1) is 16.4. The molecule has 0 aliphatic carbocycles. The summed E-state index contributed by atoms with van der Waals surface area (Å²) in [5.41, 5.74) is 8.19. The van der Waals surface area contributed by atoms with E-state index in [2.05, 4.69) is 20.0 Å². The first-order valence-electron chi connectivity index (χ1n) is 7.87. The minimum Gasteiger partial charge on any atom is -0.496 e. The molecule has 1 unspecified atom stereocenters. The van der Waals surface area contributed by atoms with E-state index in [1.807, 2.05) is 20.0 Å². The molecule has 1 fully saturated rings. The highest BCUT2D eigenvalue weighted by molar-refractivity contribution is 5.88. The fourth-order valence-corrected chi connectivity index (χ4v) is 3.19. The molecular weight excluding hydrogens is 310 g/mol. The largest absolute Gasteiger partial charge is 0.496 e. The van der Waals surface area contributed by atoms with Crippen LogP contribution in [0.3, 0.4) is 0 Å². The average Bonchev–Trinajstić information content (AvgIpc) is 3.19. The first-order chi connectivity index (χ1) is 11.5. The van der Waals surface area contributed by atoms with Crippen molar-refractivity contribution >= 4 is 5.91 Å². The van der Waals surface area contributed by atoms with Crippen LogP contribution in [0.25, 0.3) is 0 Å². The molecule has 2 aromatic heterocycles. The maximum atomic E-state index is 11.1. The van der Waals surface area contributed by atoms with Crippen LogP contribution in [0, 0.1) is 13.8 Å². The van der Waals surface area contributed by atoms with Crippen molar-refractivity contribution in [1.82, 2.24) is 20.0 Å². The first-order valence-corrected chi connectivity index (χ1v) is 7.87. The maximum absolute atomic E-state index is 11.1. The number of nitrogens with zero attached hydrogens (tertiary/aromatic N) is 4. The van der Waals surface area contributed by atoms with E-state index in [0.717, 1.165) is 42.0 Å². The molecule has 128 valence electrons. The number of ether oxygens (including phenoxy) is 1. The molecule has 0 saturated carbocycles. The van der Waals surface area contributed by atoms with Gasteiger partial charge in [-0.3, -0.25) is 14.7 Å². The lowest BCUT2D eigenvalue weighted by Gasteiger charge is -2.22. The van der Waals surface area contributed by atoms with Gasteiger partial charge in [0.05, 0.1) is 18.8 Å². The summed E-state index contributed by atoms with van der Waals surface area (Å²) in [7, 11) is 1.67. The van der Waals surface area contributed by atoms with Crippen molar-refractivity contribution in [1.29, 1.82) is 0 Å². The van der Waals surface area contributed by atoms with Gasteiger partial charge in [-0.05, 0) is 33.2 Å². The van der Waals surface area contributed by atoms with E-state index in [-0.39, 0.29) is 11.9 Å². The van der Waals surface area contributed by atoms with E-state index < -0.39 is 5.91 Å². The monoisotopic (exact) mass is 331 g/mol. The van der Waals surface area contributed by atoms with Crippen LogP contribution in [0.15, 0.2) is 10.7 Å². The maximum Gasteiger partial charge on any atom is 0.290 e. The highest BCUT2D eigenvalue weighted by Crippen LogP contribution is 2.33. The van der Waals surface area contributed by atoms with E-state index in [9.17, 15) is 4.79 Å². The van der Waals surface area contributed by atoms with Gasteiger partial charge in [-0.1, -0.05) is 5.16 Å². The average molecular weight is 331 g/mol. The van der Waals surface area contributed by atoms with Crippen LogP contribution in [0.5, 0.6) is 5.75 Å². The van der Waals surface area contributed by atoms with E-state index >= 15 is 0 Å². The highest BCUT2D eigenvalue weighted by Gasteiger charge is 2.32. The topological polar surface area (TPSA) is 107 Å². The van der Waals surface area contributed by atoms with Crippen LogP contribution in [0.4, 0.5) is 0 Å². The number of pyridine rings is 1. The number of rotatable bonds is 5. The molecule has 8 nitrogen and oxygen atoms in total. The minimum atomic E-state index is -0.685. The van der Waals surface area contributed by atoms with Crippen molar-refractivity contribution < 1.29 is 14.1 Å². The molecule has 3 heterocycles. The molecule has 3 rings (SSSR count). The third-order valence-corrected chi connectivity index (χ3v) is 4.41. The van der Waals surface area contributed by atoms with Crippen molar-refractivity contribution in [3.8, 4) is 5.75 Å². The number of carbonyl (C=O) groups is 1. The lowest BCUT2D eigenvalue weighted by molar-refractivity contribution is 0.0987. The predicted molar refractivity (Wildman–Crippen MR) is 85.5 cm³/mol. The molecule has 1 aliphatic rings. The van der Waals surface area contributed by atoms with Crippen LogP contribution < -0.4 is 10.5 Å². The van der Waals surface area contributed by atoms with Gasteiger partial charge in [0, 0.05) is 23.9 Å². The van der Waals surface area contributed by atoms with Crippen LogP contribution in [0.2, 0.25) is 0 Å². The van der Waals surface area contributed by atoms with Crippen molar-refractivity contribution in [2.24, 2.45) is 5.73 Å². The zero-order valence-corrected chi connectivity index (χ0v) is 14.1. The normalized spacial score (nSPS) is 18.0. The molecular formula is C16H21N5O3. The second-order valence-electron chi connectivity index (χ2n) is 6.00. The lowest BCUT2D eigenvalue weighted by Crippen LogP contribution is -2.24. The number of aromatic nitrogens is 3. The second-order valence-corrected chi connectivity index (χ2v) is 6.00. The van der Waals surface area contributed by atoms with Crippen molar-refractivity contribution in [3.05, 3.63) is 34.7 Å². The lowest BCUT2D eigenvalue weighted by atomic mass is 10.1. The van der Waals surface area contributed by atoms with Gasteiger partial charge in [0.25, 0.3) is 11.7 Å². The number of amides is 1. The van der Waals surface area contributed by atoms with Crippen LogP contribution >= 0.6 is 0 Å². The van der Waals surface area contributed by atoms with E-state index in [4.69, 9.17) is 15.0 Å². The fourth-order valence-electron chi connectivity index (χ4n) is 3.19. The molecule has 2 aromatic rings. The Bertz CT molecular complexity index is 758. The number of primary amides is 1. The van der Waals surface area contributed by atoms with Gasteiger partial charge < -0.3 is 15.0 Å². The van der Waals surface area contributed by atoms with Gasteiger partial charge in [0.2, 0.25) is 5.89 Å². The number of carbonyl (C=O) groups excluding carboxylic acids is 1. The zero-order valence-electron chi connectivity index (χ0n) is 14.1. The molecule has 1 amide bonds. The van der Waals surface area contributed by atoms with Gasteiger partial charge >= 0.3 is 0 Å². The number of methoxy groups -OCH3 is 1. The van der Waals surface area contributed by atoms with E-state index in [1.165, 1.54) is 0 Å². The summed E-state index contributed by atoms with van der Waals surface area (Å²) in [5.74, 6) is 0.529. The number of nitrogens with two attached hydrogens (primary N) is 1. The minimum absolute atomic E-state index is 0.0286. The SMILES string of the molecule is COc1c(C)cnc(CN2CCCC2c2nc(C(N)=O)no2)c1C. The standard InChI is InChI=1S/C16H21N5O3/c1-9-7-18-11(10(2)13(9)23-3)8-21-6-4-5-12(21)16-19-15(14(17)22)20-24-16/h7,12H,4-6,8H2,1-3H3,(H2,17,22). The van der Waals surface area contributed by atoms with Crippen LogP contribution in [-0.2, 0) is 6.54 Å². The van der Waals surface area contributed by atoms with Gasteiger partial charge in [-0.2, -0.15) is 4.98 Å². The Morgan fingerprint density at radius 1 is 1.50 bits per heavy atom. The van der Waals surface area contributed by atoms with Gasteiger partial charge in [-0.25, -0.2) is 0 Å². The van der Waals surface area contributed by atoms with Gasteiger partial charge in [-0.15, -0.1) is 0 Å². The summed E-state index contributed by atoms with van der Waals surface area (Å²) < 4.78 is 10.7. The van der Waals surface area contributed by atoms with Crippen molar-refractivity contribution in [3.63, 3.8) is 0 Å². The summed E-state index contributed by atoms with van der Waals surface area (Å²) in [6.45, 7) is 5.54. The molecule has 0 spiro atoms. The number of likely N-dealkylation sites (tertiary alicyclic amines) is 1. The Labute approximate surface area is 140 Å². The predicted octanol–water partition coefficient (Wildman–Crippen LogP) is 1.53. The van der Waals surface area contributed by atoms with Crippen LogP contribution in [0.1, 0.15) is 52.2 Å². The molecule has 0 radical (unpaired) electrons. The molecule has 1 aliphatic heterocycles. The highest BCUT2D eigenvalue weighted by atomic mass is 16.5. The Kier molecular flexibility index (Phi) is 4.48. The van der Waals surface area contributed by atoms with Crippen molar-refractivity contribution in [2.45, 2.75) is 39.3 Å². The van der Waals surface area contributed by atoms with E-state index in [1.54, 1.807) is 7.11 Å². The summed E-state index contributed by atoms with van der Waals surface area (Å²) in [5, 5.41) is 3.64. The summed E-state index contributed by atoms with van der Waals surface area (Å²) in [4.78, 5) is 22.0. The molecule has 0 bridgehead atoms. The Morgan fingerprint density at radius 2 is 2.29 bits per heavy atom. The van der Waals surface area contributed by atoms with E-state index in [0.29, 0.717) is 12.4 Å². The van der Waals surface area contributed by atoms with Crippen LogP contribution in [-0.4, -0.2) is 39.6 Å².